The van der Waals surface area contributed by atoms with Gasteiger partial charge < -0.3 is 15.7 Å². The van der Waals surface area contributed by atoms with Gasteiger partial charge in [0.25, 0.3) is 0 Å². The molecule has 5 nitrogen and oxygen atoms in total. The zero-order valence-electron chi connectivity index (χ0n) is 7.62. The van der Waals surface area contributed by atoms with Crippen LogP contribution in [-0.2, 0) is 4.79 Å². The number of carbonyl (C=O) groups is 2. The monoisotopic (exact) mass is 196 g/mol. The Morgan fingerprint density at radius 1 is 1.86 bits per heavy atom. The minimum atomic E-state index is -1.16. The maximum atomic E-state index is 11.2. The molecule has 0 aliphatic carbocycles. The molecule has 3 N–H and O–H groups in total. The SMILES string of the molecule is C#CC(CC1CCNC1=O)NC(=O)O. The molecule has 0 saturated carbocycles. The summed E-state index contributed by atoms with van der Waals surface area (Å²) in [5.41, 5.74) is 0. The normalized spacial score (nSPS) is 22.2. The predicted molar refractivity (Wildman–Crippen MR) is 49.5 cm³/mol. The molecule has 1 aliphatic heterocycles. The van der Waals surface area contributed by atoms with E-state index in [9.17, 15) is 9.59 Å². The van der Waals surface area contributed by atoms with E-state index in [0.29, 0.717) is 13.0 Å². The van der Waals surface area contributed by atoms with Gasteiger partial charge >= 0.3 is 6.09 Å². The predicted octanol–water partition coefficient (Wildman–Crippen LogP) is -0.218. The Morgan fingerprint density at radius 3 is 3.00 bits per heavy atom. The number of carboxylic acid groups (broad SMARTS) is 1. The van der Waals surface area contributed by atoms with E-state index in [1.165, 1.54) is 0 Å². The first-order valence-corrected chi connectivity index (χ1v) is 4.36. The lowest BCUT2D eigenvalue weighted by atomic mass is 9.99. The summed E-state index contributed by atoms with van der Waals surface area (Å²) in [6, 6.07) is -0.582. The number of hydrogen-bond donors (Lipinski definition) is 3. The first-order chi connectivity index (χ1) is 6.63. The number of rotatable bonds is 3. The zero-order chi connectivity index (χ0) is 10.6. The van der Waals surface area contributed by atoms with Crippen LogP contribution in [0.25, 0.3) is 0 Å². The lowest BCUT2D eigenvalue weighted by Crippen LogP contribution is -2.35. The summed E-state index contributed by atoms with van der Waals surface area (Å²) in [6.07, 6.45) is 5.07. The van der Waals surface area contributed by atoms with Gasteiger partial charge in [-0.25, -0.2) is 4.79 Å². The molecule has 0 aromatic carbocycles. The largest absolute Gasteiger partial charge is 0.465 e. The topological polar surface area (TPSA) is 78.4 Å². The molecule has 0 bridgehead atoms. The van der Waals surface area contributed by atoms with E-state index in [0.717, 1.165) is 6.42 Å². The van der Waals surface area contributed by atoms with Gasteiger partial charge in [-0.15, -0.1) is 6.42 Å². The molecule has 0 aromatic rings. The highest BCUT2D eigenvalue weighted by atomic mass is 16.4. The van der Waals surface area contributed by atoms with Crippen molar-refractivity contribution in [2.75, 3.05) is 6.54 Å². The van der Waals surface area contributed by atoms with E-state index in [2.05, 4.69) is 16.6 Å². The van der Waals surface area contributed by atoms with Crippen LogP contribution < -0.4 is 10.6 Å². The van der Waals surface area contributed by atoms with Crippen molar-refractivity contribution in [3.8, 4) is 12.3 Å². The molecule has 0 spiro atoms. The molecule has 1 rings (SSSR count). The molecule has 2 unspecified atom stereocenters. The number of nitrogens with one attached hydrogen (secondary N) is 2. The molecule has 0 radical (unpaired) electrons. The summed E-state index contributed by atoms with van der Waals surface area (Å²) in [5, 5.41) is 13.3. The lowest BCUT2D eigenvalue weighted by molar-refractivity contribution is -0.122. The second kappa shape index (κ2) is 4.51. The average molecular weight is 196 g/mol. The van der Waals surface area contributed by atoms with E-state index < -0.39 is 12.1 Å². The fraction of sp³-hybridized carbons (Fsp3) is 0.556. The maximum Gasteiger partial charge on any atom is 0.405 e. The second-order valence-corrected chi connectivity index (χ2v) is 3.18. The number of terminal acetylenes is 1. The molecule has 5 heteroatoms. The lowest BCUT2D eigenvalue weighted by Gasteiger charge is -2.13. The minimum Gasteiger partial charge on any atom is -0.465 e. The highest BCUT2D eigenvalue weighted by Gasteiger charge is 2.26. The highest BCUT2D eigenvalue weighted by Crippen LogP contribution is 2.15. The quantitative estimate of drug-likeness (QED) is 0.546. The summed E-state index contributed by atoms with van der Waals surface area (Å²) < 4.78 is 0. The van der Waals surface area contributed by atoms with Crippen LogP contribution in [-0.4, -0.2) is 29.7 Å². The van der Waals surface area contributed by atoms with Crippen LogP contribution in [0, 0.1) is 18.3 Å². The van der Waals surface area contributed by atoms with Crippen molar-refractivity contribution in [1.29, 1.82) is 0 Å². The van der Waals surface area contributed by atoms with E-state index in [-0.39, 0.29) is 11.8 Å². The summed E-state index contributed by atoms with van der Waals surface area (Å²) in [7, 11) is 0. The molecule has 1 aliphatic rings. The van der Waals surface area contributed by atoms with Gasteiger partial charge in [-0.1, -0.05) is 5.92 Å². The summed E-state index contributed by atoms with van der Waals surface area (Å²) >= 11 is 0. The third kappa shape index (κ3) is 2.66. The number of hydrogen-bond acceptors (Lipinski definition) is 2. The summed E-state index contributed by atoms with van der Waals surface area (Å²) in [4.78, 5) is 21.5. The van der Waals surface area contributed by atoms with Gasteiger partial charge in [0.15, 0.2) is 0 Å². The molecule has 1 saturated heterocycles. The van der Waals surface area contributed by atoms with Crippen molar-refractivity contribution in [1.82, 2.24) is 10.6 Å². The Kier molecular flexibility index (Phi) is 3.35. The average Bonchev–Trinajstić information content (AvgIpc) is 2.50. The van der Waals surface area contributed by atoms with Crippen molar-refractivity contribution in [2.24, 2.45) is 5.92 Å². The van der Waals surface area contributed by atoms with Crippen LogP contribution in [0.1, 0.15) is 12.8 Å². The molecule has 0 aromatic heterocycles. The van der Waals surface area contributed by atoms with Crippen molar-refractivity contribution in [2.45, 2.75) is 18.9 Å². The molecular formula is C9H12N2O3. The Morgan fingerprint density at radius 2 is 2.57 bits per heavy atom. The molecular weight excluding hydrogens is 184 g/mol. The fourth-order valence-electron chi connectivity index (χ4n) is 1.47. The second-order valence-electron chi connectivity index (χ2n) is 3.18. The van der Waals surface area contributed by atoms with Gasteiger partial charge in [0.05, 0.1) is 6.04 Å². The maximum absolute atomic E-state index is 11.2. The van der Waals surface area contributed by atoms with Crippen molar-refractivity contribution in [3.63, 3.8) is 0 Å². The first-order valence-electron chi connectivity index (χ1n) is 4.36. The van der Waals surface area contributed by atoms with E-state index >= 15 is 0 Å². The van der Waals surface area contributed by atoms with E-state index in [4.69, 9.17) is 11.5 Å². The third-order valence-corrected chi connectivity index (χ3v) is 2.18. The third-order valence-electron chi connectivity index (χ3n) is 2.18. The van der Waals surface area contributed by atoms with Crippen molar-refractivity contribution in [3.05, 3.63) is 0 Å². The molecule has 14 heavy (non-hydrogen) atoms. The molecule has 76 valence electrons. The Hall–Kier alpha value is -1.70. The van der Waals surface area contributed by atoms with E-state index in [1.807, 2.05) is 0 Å². The Labute approximate surface area is 81.9 Å². The molecule has 2 amide bonds. The van der Waals surface area contributed by atoms with Crippen LogP contribution in [0.4, 0.5) is 4.79 Å². The first kappa shape index (κ1) is 10.4. The number of amides is 2. The zero-order valence-corrected chi connectivity index (χ0v) is 7.62. The van der Waals surface area contributed by atoms with Crippen LogP contribution in [0.15, 0.2) is 0 Å². The van der Waals surface area contributed by atoms with Crippen molar-refractivity contribution >= 4 is 12.0 Å². The van der Waals surface area contributed by atoms with Gasteiger partial charge in [-0.05, 0) is 12.8 Å². The molecule has 1 fully saturated rings. The van der Waals surface area contributed by atoms with Gasteiger partial charge in [0.2, 0.25) is 5.91 Å². The fourth-order valence-corrected chi connectivity index (χ4v) is 1.47. The Bertz CT molecular complexity index is 282. The van der Waals surface area contributed by atoms with Crippen LogP contribution in [0.5, 0.6) is 0 Å². The van der Waals surface area contributed by atoms with Gasteiger partial charge in [-0.2, -0.15) is 0 Å². The van der Waals surface area contributed by atoms with E-state index in [1.54, 1.807) is 0 Å². The minimum absolute atomic E-state index is 0.0440. The summed E-state index contributed by atoms with van der Waals surface area (Å²) in [5.74, 6) is 2.10. The van der Waals surface area contributed by atoms with Crippen LogP contribution in [0.2, 0.25) is 0 Å². The Balaban J connectivity index is 2.44. The number of carbonyl (C=O) groups excluding carboxylic acids is 1. The van der Waals surface area contributed by atoms with Crippen LogP contribution >= 0.6 is 0 Å². The smallest absolute Gasteiger partial charge is 0.405 e. The van der Waals surface area contributed by atoms with Crippen molar-refractivity contribution < 1.29 is 14.7 Å². The standard InChI is InChI=1S/C9H12N2O3/c1-2-7(11-9(13)14)5-6-3-4-10-8(6)12/h1,6-7,11H,3-5H2,(H,10,12)(H,13,14). The van der Waals surface area contributed by atoms with Crippen LogP contribution in [0.3, 0.4) is 0 Å². The molecule has 1 heterocycles. The van der Waals surface area contributed by atoms with Gasteiger partial charge in [0.1, 0.15) is 0 Å². The molecule has 2 atom stereocenters. The van der Waals surface area contributed by atoms with Gasteiger partial charge in [-0.3, -0.25) is 4.79 Å². The highest BCUT2D eigenvalue weighted by molar-refractivity contribution is 5.80. The van der Waals surface area contributed by atoms with Gasteiger partial charge in [0, 0.05) is 12.5 Å². The summed E-state index contributed by atoms with van der Waals surface area (Å²) in [6.45, 7) is 0.647.